The molecule has 2 N–H and O–H groups in total. The van der Waals surface area contributed by atoms with Gasteiger partial charge in [-0.3, -0.25) is 9.89 Å². The molecule has 7 heteroatoms. The van der Waals surface area contributed by atoms with E-state index in [1.165, 1.54) is 0 Å². The molecule has 0 fully saturated rings. The molecular weight excluding hydrogens is 294 g/mol. The van der Waals surface area contributed by atoms with Crippen LogP contribution in [0.2, 0.25) is 0 Å². The molecule has 0 aliphatic heterocycles. The number of aromatic amines is 1. The van der Waals surface area contributed by atoms with E-state index in [1.54, 1.807) is 13.0 Å². The van der Waals surface area contributed by atoms with Gasteiger partial charge in [-0.1, -0.05) is 35.5 Å². The molecule has 3 aromatic rings. The van der Waals surface area contributed by atoms with Crippen molar-refractivity contribution in [2.24, 2.45) is 0 Å². The Hall–Kier alpha value is -2.96. The summed E-state index contributed by atoms with van der Waals surface area (Å²) in [7, 11) is 0. The Morgan fingerprint density at radius 3 is 2.83 bits per heavy atom. The van der Waals surface area contributed by atoms with E-state index in [9.17, 15) is 4.79 Å². The first-order chi connectivity index (χ1) is 11.1. The third-order valence-electron chi connectivity index (χ3n) is 3.36. The summed E-state index contributed by atoms with van der Waals surface area (Å²) in [6.45, 7) is 3.64. The molecule has 0 bridgehead atoms. The van der Waals surface area contributed by atoms with Crippen LogP contribution < -0.4 is 5.32 Å². The Bertz CT molecular complexity index is 794. The standard InChI is InChI=1S/C16H17N5O2/c1-10-8-13(20-19-10)16(22)17-11(2)15-18-14(23-21-15)9-12-6-4-3-5-7-12/h3-8,11H,9H2,1-2H3,(H,17,22)(H,19,20). The first-order valence-corrected chi connectivity index (χ1v) is 7.31. The Kier molecular flexibility index (Phi) is 4.18. The molecule has 23 heavy (non-hydrogen) atoms. The predicted molar refractivity (Wildman–Crippen MR) is 82.8 cm³/mol. The molecule has 3 rings (SSSR count). The van der Waals surface area contributed by atoms with Crippen LogP contribution in [0.25, 0.3) is 0 Å². The molecule has 2 heterocycles. The summed E-state index contributed by atoms with van der Waals surface area (Å²) in [4.78, 5) is 16.4. The molecule has 0 radical (unpaired) electrons. The minimum atomic E-state index is -0.368. The van der Waals surface area contributed by atoms with Gasteiger partial charge in [0.15, 0.2) is 5.82 Å². The van der Waals surface area contributed by atoms with Gasteiger partial charge in [0.2, 0.25) is 5.89 Å². The smallest absolute Gasteiger partial charge is 0.272 e. The molecule has 0 saturated heterocycles. The van der Waals surface area contributed by atoms with E-state index in [0.717, 1.165) is 11.3 Å². The molecule has 1 aromatic carbocycles. The van der Waals surface area contributed by atoms with Crippen LogP contribution in [0, 0.1) is 6.92 Å². The lowest BCUT2D eigenvalue weighted by Gasteiger charge is -2.07. The van der Waals surface area contributed by atoms with Gasteiger partial charge in [-0.2, -0.15) is 10.1 Å². The maximum absolute atomic E-state index is 12.1. The maximum Gasteiger partial charge on any atom is 0.272 e. The zero-order valence-corrected chi connectivity index (χ0v) is 12.9. The van der Waals surface area contributed by atoms with Crippen molar-refractivity contribution in [2.45, 2.75) is 26.3 Å². The van der Waals surface area contributed by atoms with E-state index in [1.807, 2.05) is 37.3 Å². The molecule has 0 saturated carbocycles. The van der Waals surface area contributed by atoms with E-state index in [4.69, 9.17) is 4.52 Å². The van der Waals surface area contributed by atoms with Gasteiger partial charge in [-0.05, 0) is 25.5 Å². The van der Waals surface area contributed by atoms with E-state index < -0.39 is 0 Å². The van der Waals surface area contributed by atoms with Gasteiger partial charge < -0.3 is 9.84 Å². The normalized spacial score (nSPS) is 12.1. The van der Waals surface area contributed by atoms with Crippen molar-refractivity contribution in [3.63, 3.8) is 0 Å². The summed E-state index contributed by atoms with van der Waals surface area (Å²) in [6, 6.07) is 11.2. The number of hydrogen-bond acceptors (Lipinski definition) is 5. The van der Waals surface area contributed by atoms with Crippen LogP contribution in [-0.2, 0) is 6.42 Å². The van der Waals surface area contributed by atoms with Gasteiger partial charge in [0, 0.05) is 5.69 Å². The van der Waals surface area contributed by atoms with Crippen molar-refractivity contribution in [1.29, 1.82) is 0 Å². The lowest BCUT2D eigenvalue weighted by molar-refractivity contribution is 0.0933. The molecule has 0 aliphatic carbocycles. The lowest BCUT2D eigenvalue weighted by Crippen LogP contribution is -2.27. The predicted octanol–water partition coefficient (Wildman–Crippen LogP) is 2.18. The fourth-order valence-corrected chi connectivity index (χ4v) is 2.16. The molecule has 118 valence electrons. The van der Waals surface area contributed by atoms with Crippen LogP contribution >= 0.6 is 0 Å². The average molecular weight is 311 g/mol. The van der Waals surface area contributed by atoms with Crippen molar-refractivity contribution < 1.29 is 9.32 Å². The molecule has 1 amide bonds. The van der Waals surface area contributed by atoms with Gasteiger partial charge in [-0.25, -0.2) is 0 Å². The summed E-state index contributed by atoms with van der Waals surface area (Å²) in [5.41, 5.74) is 2.25. The number of rotatable bonds is 5. The highest BCUT2D eigenvalue weighted by molar-refractivity contribution is 5.92. The summed E-state index contributed by atoms with van der Waals surface area (Å²) in [5, 5.41) is 13.4. The van der Waals surface area contributed by atoms with Crippen molar-refractivity contribution in [3.8, 4) is 0 Å². The summed E-state index contributed by atoms with van der Waals surface area (Å²) in [6.07, 6.45) is 0.563. The average Bonchev–Trinajstić information content (AvgIpc) is 3.17. The third-order valence-corrected chi connectivity index (χ3v) is 3.36. The van der Waals surface area contributed by atoms with Crippen molar-refractivity contribution in [2.75, 3.05) is 0 Å². The molecule has 7 nitrogen and oxygen atoms in total. The van der Waals surface area contributed by atoms with Gasteiger partial charge >= 0.3 is 0 Å². The highest BCUT2D eigenvalue weighted by atomic mass is 16.5. The van der Waals surface area contributed by atoms with E-state index in [2.05, 4.69) is 25.7 Å². The Morgan fingerprint density at radius 1 is 1.35 bits per heavy atom. The van der Waals surface area contributed by atoms with Gasteiger partial charge in [0.05, 0.1) is 12.5 Å². The minimum Gasteiger partial charge on any atom is -0.341 e. The Morgan fingerprint density at radius 2 is 2.13 bits per heavy atom. The Balaban J connectivity index is 1.64. The monoisotopic (exact) mass is 311 g/mol. The zero-order valence-electron chi connectivity index (χ0n) is 12.9. The van der Waals surface area contributed by atoms with Crippen LogP contribution in [0.1, 0.15) is 46.4 Å². The molecule has 1 unspecified atom stereocenters. The van der Waals surface area contributed by atoms with E-state index >= 15 is 0 Å². The van der Waals surface area contributed by atoms with Crippen LogP contribution in [0.15, 0.2) is 40.9 Å². The molecule has 2 aromatic heterocycles. The lowest BCUT2D eigenvalue weighted by atomic mass is 10.1. The number of amides is 1. The van der Waals surface area contributed by atoms with Gasteiger partial charge in [0.1, 0.15) is 5.69 Å². The van der Waals surface area contributed by atoms with Gasteiger partial charge in [0.25, 0.3) is 5.91 Å². The zero-order chi connectivity index (χ0) is 16.2. The fourth-order valence-electron chi connectivity index (χ4n) is 2.16. The second-order valence-corrected chi connectivity index (χ2v) is 5.34. The highest BCUT2D eigenvalue weighted by Crippen LogP contribution is 2.12. The van der Waals surface area contributed by atoms with E-state index in [0.29, 0.717) is 23.8 Å². The number of hydrogen-bond donors (Lipinski definition) is 2. The maximum atomic E-state index is 12.1. The van der Waals surface area contributed by atoms with Crippen LogP contribution in [0.5, 0.6) is 0 Å². The third kappa shape index (κ3) is 3.63. The largest absolute Gasteiger partial charge is 0.341 e. The van der Waals surface area contributed by atoms with Crippen molar-refractivity contribution in [3.05, 3.63) is 65.1 Å². The van der Waals surface area contributed by atoms with Crippen LogP contribution in [0.4, 0.5) is 0 Å². The van der Waals surface area contributed by atoms with Gasteiger partial charge in [-0.15, -0.1) is 0 Å². The van der Waals surface area contributed by atoms with Crippen LogP contribution in [-0.4, -0.2) is 26.2 Å². The molecule has 0 spiro atoms. The number of nitrogens with one attached hydrogen (secondary N) is 2. The summed E-state index contributed by atoms with van der Waals surface area (Å²) >= 11 is 0. The SMILES string of the molecule is Cc1cc(C(=O)NC(C)c2noc(Cc3ccccc3)n2)n[nH]1. The highest BCUT2D eigenvalue weighted by Gasteiger charge is 2.18. The number of carbonyl (C=O) groups excluding carboxylic acids is 1. The fraction of sp³-hybridized carbons (Fsp3) is 0.250. The number of carbonyl (C=O) groups is 1. The van der Waals surface area contributed by atoms with Crippen molar-refractivity contribution in [1.82, 2.24) is 25.7 Å². The van der Waals surface area contributed by atoms with Crippen LogP contribution in [0.3, 0.4) is 0 Å². The number of aryl methyl sites for hydroxylation is 1. The van der Waals surface area contributed by atoms with E-state index in [-0.39, 0.29) is 11.9 Å². The number of H-pyrrole nitrogens is 1. The number of nitrogens with zero attached hydrogens (tertiary/aromatic N) is 3. The summed E-state index contributed by atoms with van der Waals surface area (Å²) in [5.74, 6) is 0.677. The second-order valence-electron chi connectivity index (χ2n) is 5.34. The summed E-state index contributed by atoms with van der Waals surface area (Å²) < 4.78 is 5.25. The molecular formula is C16H17N5O2. The van der Waals surface area contributed by atoms with Crippen molar-refractivity contribution >= 4 is 5.91 Å². The second kappa shape index (κ2) is 6.43. The number of benzene rings is 1. The molecule has 1 atom stereocenters. The quantitative estimate of drug-likeness (QED) is 0.753. The first-order valence-electron chi connectivity index (χ1n) is 7.31. The first kappa shape index (κ1) is 15.0. The minimum absolute atomic E-state index is 0.281. The Labute approximate surface area is 133 Å². The topological polar surface area (TPSA) is 96.7 Å². The number of aromatic nitrogens is 4. The molecule has 0 aliphatic rings.